The largest absolute Gasteiger partial charge is 0.376 e. The highest BCUT2D eigenvalue weighted by molar-refractivity contribution is 5.27. The molecule has 1 aromatic carbocycles. The van der Waals surface area contributed by atoms with Gasteiger partial charge >= 0.3 is 0 Å². The van der Waals surface area contributed by atoms with Crippen LogP contribution in [0.15, 0.2) is 30.3 Å². The third-order valence-electron chi connectivity index (χ3n) is 6.35. The first kappa shape index (κ1) is 19.9. The molecular weight excluding hydrogens is 322 g/mol. The lowest BCUT2D eigenvalue weighted by Crippen LogP contribution is -2.86. The van der Waals surface area contributed by atoms with Gasteiger partial charge in [0.15, 0.2) is 0 Å². The van der Waals surface area contributed by atoms with Gasteiger partial charge < -0.3 is 14.8 Å². The van der Waals surface area contributed by atoms with E-state index < -0.39 is 0 Å². The van der Waals surface area contributed by atoms with Crippen molar-refractivity contribution in [1.82, 2.24) is 0 Å². The zero-order valence-corrected chi connectivity index (χ0v) is 17.2. The molecule has 0 spiro atoms. The molecule has 0 saturated carbocycles. The van der Waals surface area contributed by atoms with E-state index in [1.807, 2.05) is 0 Å². The summed E-state index contributed by atoms with van der Waals surface area (Å²) in [6.07, 6.45) is 5.88. The molecule has 26 heavy (non-hydrogen) atoms. The Morgan fingerprint density at radius 2 is 1.73 bits per heavy atom. The summed E-state index contributed by atoms with van der Waals surface area (Å²) >= 11 is 0. The van der Waals surface area contributed by atoms with Crippen molar-refractivity contribution in [3.8, 4) is 0 Å². The lowest BCUT2D eigenvalue weighted by atomic mass is 9.67. The predicted octanol–water partition coefficient (Wildman–Crippen LogP) is 3.67. The Morgan fingerprint density at radius 3 is 2.42 bits per heavy atom. The summed E-state index contributed by atoms with van der Waals surface area (Å²) in [6, 6.07) is 11.1. The van der Waals surface area contributed by atoms with Crippen LogP contribution >= 0.6 is 0 Å². The summed E-state index contributed by atoms with van der Waals surface area (Å²) in [5, 5.41) is 2.55. The zero-order valence-electron chi connectivity index (χ0n) is 17.2. The van der Waals surface area contributed by atoms with Crippen LogP contribution in [0.4, 0.5) is 0 Å². The molecule has 2 fully saturated rings. The van der Waals surface area contributed by atoms with E-state index in [4.69, 9.17) is 9.47 Å². The predicted molar refractivity (Wildman–Crippen MR) is 106 cm³/mol. The van der Waals surface area contributed by atoms with E-state index in [1.165, 1.54) is 37.9 Å². The quantitative estimate of drug-likeness (QED) is 0.786. The molecule has 3 nitrogen and oxygen atoms in total. The van der Waals surface area contributed by atoms with Gasteiger partial charge in [-0.05, 0) is 58.9 Å². The molecule has 2 heterocycles. The number of benzene rings is 1. The number of hydrogen-bond donors (Lipinski definition) is 1. The fourth-order valence-corrected chi connectivity index (χ4v) is 5.16. The lowest BCUT2D eigenvalue weighted by Gasteiger charge is -2.45. The van der Waals surface area contributed by atoms with Crippen LogP contribution in [0.1, 0.15) is 65.4 Å². The van der Waals surface area contributed by atoms with E-state index in [0.717, 1.165) is 32.0 Å². The topological polar surface area (TPSA) is 35.1 Å². The van der Waals surface area contributed by atoms with Crippen LogP contribution in [0, 0.1) is 5.92 Å². The Balaban J connectivity index is 1.59. The fraction of sp³-hybridized carbons (Fsp3) is 0.739. The summed E-state index contributed by atoms with van der Waals surface area (Å²) < 4.78 is 11.9. The Bertz CT molecular complexity index is 569. The van der Waals surface area contributed by atoms with E-state index in [2.05, 4.69) is 63.3 Å². The molecule has 0 unspecified atom stereocenters. The third kappa shape index (κ3) is 5.09. The SMILES string of the molecule is CC1(C)C[C@@H](C[NH2+]CC[C@]2(c3ccccc3)CCOC(C)(C)C2)CCO1. The molecule has 3 rings (SSSR count). The molecular formula is C23H38NO2+. The van der Waals surface area contributed by atoms with Gasteiger partial charge in [-0.2, -0.15) is 0 Å². The maximum absolute atomic E-state index is 6.04. The van der Waals surface area contributed by atoms with E-state index in [0.29, 0.717) is 0 Å². The second-order valence-corrected chi connectivity index (χ2v) is 9.71. The van der Waals surface area contributed by atoms with Gasteiger partial charge in [0.05, 0.1) is 24.3 Å². The molecule has 0 radical (unpaired) electrons. The van der Waals surface area contributed by atoms with Crippen LogP contribution in [0.3, 0.4) is 0 Å². The molecule has 0 aromatic heterocycles. The first-order valence-corrected chi connectivity index (χ1v) is 10.5. The molecule has 2 saturated heterocycles. The van der Waals surface area contributed by atoms with E-state index in [1.54, 1.807) is 0 Å². The van der Waals surface area contributed by atoms with Crippen LogP contribution < -0.4 is 5.32 Å². The van der Waals surface area contributed by atoms with Gasteiger partial charge in [0.25, 0.3) is 0 Å². The van der Waals surface area contributed by atoms with Crippen molar-refractivity contribution in [2.75, 3.05) is 26.3 Å². The molecule has 2 aliphatic heterocycles. The van der Waals surface area contributed by atoms with Crippen LogP contribution in [-0.4, -0.2) is 37.5 Å². The highest BCUT2D eigenvalue weighted by Gasteiger charge is 2.42. The van der Waals surface area contributed by atoms with Gasteiger partial charge in [0.1, 0.15) is 0 Å². The van der Waals surface area contributed by atoms with Crippen molar-refractivity contribution in [1.29, 1.82) is 0 Å². The molecule has 3 heteroatoms. The van der Waals surface area contributed by atoms with Gasteiger partial charge in [-0.15, -0.1) is 0 Å². The molecule has 0 bridgehead atoms. The monoisotopic (exact) mass is 360 g/mol. The smallest absolute Gasteiger partial charge is 0.0785 e. The minimum Gasteiger partial charge on any atom is -0.376 e. The Hall–Kier alpha value is -0.900. The van der Waals surface area contributed by atoms with E-state index in [-0.39, 0.29) is 16.6 Å². The molecule has 146 valence electrons. The Labute approximate surface area is 159 Å². The van der Waals surface area contributed by atoms with Crippen molar-refractivity contribution >= 4 is 0 Å². The number of nitrogens with two attached hydrogens (primary N) is 1. The molecule has 0 amide bonds. The molecule has 0 aliphatic carbocycles. The summed E-state index contributed by atoms with van der Waals surface area (Å²) in [5.41, 5.74) is 1.79. The molecule has 1 aromatic rings. The second kappa shape index (κ2) is 8.00. The van der Waals surface area contributed by atoms with Crippen LogP contribution in [0.25, 0.3) is 0 Å². The molecule has 2 atom stereocenters. The van der Waals surface area contributed by atoms with Crippen LogP contribution in [-0.2, 0) is 14.9 Å². The maximum Gasteiger partial charge on any atom is 0.0785 e. The highest BCUT2D eigenvalue weighted by atomic mass is 16.5. The van der Waals surface area contributed by atoms with E-state index in [9.17, 15) is 0 Å². The number of ether oxygens (including phenoxy) is 2. The Kier molecular flexibility index (Phi) is 6.11. The normalized spacial score (nSPS) is 30.8. The molecule has 2 N–H and O–H groups in total. The van der Waals surface area contributed by atoms with E-state index >= 15 is 0 Å². The van der Waals surface area contributed by atoms with Gasteiger partial charge in [-0.25, -0.2) is 0 Å². The van der Waals surface area contributed by atoms with Gasteiger partial charge in [-0.3, -0.25) is 0 Å². The van der Waals surface area contributed by atoms with Crippen LogP contribution in [0.5, 0.6) is 0 Å². The van der Waals surface area contributed by atoms with Crippen molar-refractivity contribution in [3.63, 3.8) is 0 Å². The standard InChI is InChI=1S/C23H37NO2/c1-21(2)16-19(10-14-25-21)17-24-13-11-23(20-8-6-5-7-9-20)12-15-26-22(3,4)18-23/h5-9,19,24H,10-18H2,1-4H3/p+1/t19-,23-/m0/s1. The first-order valence-electron chi connectivity index (χ1n) is 10.5. The van der Waals surface area contributed by atoms with Crippen molar-refractivity contribution < 1.29 is 14.8 Å². The van der Waals surface area contributed by atoms with Gasteiger partial charge in [0.2, 0.25) is 0 Å². The number of hydrogen-bond acceptors (Lipinski definition) is 2. The summed E-state index contributed by atoms with van der Waals surface area (Å²) in [7, 11) is 0. The van der Waals surface area contributed by atoms with Crippen molar-refractivity contribution in [2.24, 2.45) is 5.92 Å². The minimum absolute atomic E-state index is 0.0289. The maximum atomic E-state index is 6.04. The summed E-state index contributed by atoms with van der Waals surface area (Å²) in [5.74, 6) is 0.789. The summed E-state index contributed by atoms with van der Waals surface area (Å²) in [6.45, 7) is 13.2. The average molecular weight is 361 g/mol. The summed E-state index contributed by atoms with van der Waals surface area (Å²) in [4.78, 5) is 0. The first-order chi connectivity index (χ1) is 12.3. The van der Waals surface area contributed by atoms with Crippen LogP contribution in [0.2, 0.25) is 0 Å². The zero-order chi connectivity index (χ0) is 18.7. The van der Waals surface area contributed by atoms with Crippen molar-refractivity contribution in [2.45, 2.75) is 76.4 Å². The molecule has 2 aliphatic rings. The minimum atomic E-state index is -0.0289. The highest BCUT2D eigenvalue weighted by Crippen LogP contribution is 2.43. The van der Waals surface area contributed by atoms with Gasteiger partial charge in [-0.1, -0.05) is 30.3 Å². The number of rotatable bonds is 6. The lowest BCUT2D eigenvalue weighted by molar-refractivity contribution is -0.662. The van der Waals surface area contributed by atoms with Crippen molar-refractivity contribution in [3.05, 3.63) is 35.9 Å². The third-order valence-corrected chi connectivity index (χ3v) is 6.35. The number of quaternary nitrogens is 1. The second-order valence-electron chi connectivity index (χ2n) is 9.71. The average Bonchev–Trinajstić information content (AvgIpc) is 2.58. The van der Waals surface area contributed by atoms with Gasteiger partial charge in [0, 0.05) is 31.0 Å². The Morgan fingerprint density at radius 1 is 1.00 bits per heavy atom. The fourth-order valence-electron chi connectivity index (χ4n) is 5.16.